The average molecular weight is 517 g/mol. The van der Waals surface area contributed by atoms with E-state index in [0.717, 1.165) is 16.9 Å². The predicted octanol–water partition coefficient (Wildman–Crippen LogP) is 5.55. The van der Waals surface area contributed by atoms with Crippen LogP contribution in [0.25, 0.3) is 11.3 Å². The van der Waals surface area contributed by atoms with Crippen molar-refractivity contribution in [3.8, 4) is 11.3 Å². The lowest BCUT2D eigenvalue weighted by Gasteiger charge is -2.21. The number of anilines is 3. The molecule has 0 radical (unpaired) electrons. The third kappa shape index (κ3) is 5.98. The minimum Gasteiger partial charge on any atom is -0.345 e. The van der Waals surface area contributed by atoms with Crippen molar-refractivity contribution in [2.75, 3.05) is 24.3 Å². The number of likely N-dealkylation sites (N-methyl/N-ethyl adjacent to an activating group) is 1. The highest BCUT2D eigenvalue weighted by molar-refractivity contribution is 5.94. The summed E-state index contributed by atoms with van der Waals surface area (Å²) < 4.78 is 28.6. The fourth-order valence-electron chi connectivity index (χ4n) is 4.30. The molecule has 38 heavy (non-hydrogen) atoms. The number of carbonyl (C=O) groups is 1. The molecule has 6 nitrogen and oxygen atoms in total. The molecule has 1 amide bonds. The summed E-state index contributed by atoms with van der Waals surface area (Å²) in [7, 11) is 3.57. The lowest BCUT2D eigenvalue weighted by Crippen LogP contribution is -2.39. The fourth-order valence-corrected chi connectivity index (χ4v) is 4.30. The van der Waals surface area contributed by atoms with Gasteiger partial charge in [-0.3, -0.25) is 9.59 Å². The first-order chi connectivity index (χ1) is 18.3. The van der Waals surface area contributed by atoms with E-state index in [4.69, 9.17) is 0 Å². The van der Waals surface area contributed by atoms with Crippen molar-refractivity contribution in [2.45, 2.75) is 25.9 Å². The Labute approximate surface area is 220 Å². The molecular formula is C30H30F2N4O2. The zero-order valence-corrected chi connectivity index (χ0v) is 21.5. The van der Waals surface area contributed by atoms with E-state index >= 15 is 0 Å². The van der Waals surface area contributed by atoms with Gasteiger partial charge in [0.1, 0.15) is 17.3 Å². The van der Waals surface area contributed by atoms with Gasteiger partial charge in [-0.15, -0.1) is 0 Å². The van der Waals surface area contributed by atoms with E-state index in [-0.39, 0.29) is 35.3 Å². The number of nitrogens with one attached hydrogen (secondary N) is 2. The van der Waals surface area contributed by atoms with Crippen LogP contribution < -0.4 is 21.1 Å². The largest absolute Gasteiger partial charge is 0.345 e. The molecule has 1 atom stereocenters. The van der Waals surface area contributed by atoms with Gasteiger partial charge in [0.2, 0.25) is 5.91 Å². The zero-order chi connectivity index (χ0) is 27.2. The quantitative estimate of drug-likeness (QED) is 0.306. The van der Waals surface area contributed by atoms with E-state index in [2.05, 4.69) is 10.6 Å². The van der Waals surface area contributed by atoms with Crippen LogP contribution >= 0.6 is 0 Å². The van der Waals surface area contributed by atoms with Gasteiger partial charge >= 0.3 is 0 Å². The summed E-state index contributed by atoms with van der Waals surface area (Å²) in [4.78, 5) is 28.2. The number of benzene rings is 3. The Hall–Kier alpha value is -4.30. The van der Waals surface area contributed by atoms with Gasteiger partial charge in [0.05, 0.1) is 18.3 Å². The summed E-state index contributed by atoms with van der Waals surface area (Å²) in [5.74, 6) is -0.979. The van der Waals surface area contributed by atoms with Crippen LogP contribution in [0, 0.1) is 11.6 Å². The Morgan fingerprint density at radius 1 is 0.921 bits per heavy atom. The minimum absolute atomic E-state index is 0.161. The Morgan fingerprint density at radius 2 is 1.58 bits per heavy atom. The summed E-state index contributed by atoms with van der Waals surface area (Å²) in [5, 5.41) is 5.69. The molecule has 4 aromatic rings. The van der Waals surface area contributed by atoms with Gasteiger partial charge in [-0.25, -0.2) is 8.78 Å². The number of hydrogen-bond acceptors (Lipinski definition) is 4. The van der Waals surface area contributed by atoms with Gasteiger partial charge in [-0.2, -0.15) is 0 Å². The molecule has 1 unspecified atom stereocenters. The smallest absolute Gasteiger partial charge is 0.275 e. The van der Waals surface area contributed by atoms with E-state index in [0.29, 0.717) is 17.7 Å². The zero-order valence-electron chi connectivity index (χ0n) is 21.5. The van der Waals surface area contributed by atoms with Crippen LogP contribution in [0.15, 0.2) is 89.7 Å². The highest BCUT2D eigenvalue weighted by Gasteiger charge is 2.18. The number of carbonyl (C=O) groups excluding carboxylic acids is 1. The molecule has 0 saturated heterocycles. The maximum Gasteiger partial charge on any atom is 0.275 e. The summed E-state index contributed by atoms with van der Waals surface area (Å²) >= 11 is 0. The van der Waals surface area contributed by atoms with Crippen LogP contribution in [-0.2, 0) is 11.3 Å². The van der Waals surface area contributed by atoms with E-state index in [1.807, 2.05) is 43.1 Å². The number of nitrogens with zero attached hydrogens (tertiary/aromatic N) is 2. The van der Waals surface area contributed by atoms with Gasteiger partial charge in [-0.1, -0.05) is 19.1 Å². The fraction of sp³-hybridized carbons (Fsp3) is 0.200. The molecular weight excluding hydrogens is 486 g/mol. The Balaban J connectivity index is 1.73. The summed E-state index contributed by atoms with van der Waals surface area (Å²) in [6, 6.07) is 22.7. The molecule has 3 aromatic carbocycles. The Bertz CT molecular complexity index is 1460. The molecule has 1 heterocycles. The molecule has 0 aliphatic carbocycles. The van der Waals surface area contributed by atoms with Crippen LogP contribution in [0.1, 0.15) is 18.9 Å². The van der Waals surface area contributed by atoms with E-state index in [1.54, 1.807) is 48.0 Å². The highest BCUT2D eigenvalue weighted by atomic mass is 19.1. The van der Waals surface area contributed by atoms with Crippen molar-refractivity contribution in [1.29, 1.82) is 0 Å². The topological polar surface area (TPSA) is 66.4 Å². The SMILES string of the molecule is CCC(NC)C(=O)Nc1ccc(-c2ccc(F)cc2)n(Cc2cccc(N(C)c3ccc(F)cc3)c2)c1=O. The van der Waals surface area contributed by atoms with Crippen molar-refractivity contribution in [1.82, 2.24) is 9.88 Å². The Morgan fingerprint density at radius 3 is 2.21 bits per heavy atom. The number of aromatic nitrogens is 1. The molecule has 196 valence electrons. The van der Waals surface area contributed by atoms with E-state index in [1.165, 1.54) is 24.3 Å². The first-order valence-corrected chi connectivity index (χ1v) is 12.4. The third-order valence-electron chi connectivity index (χ3n) is 6.50. The molecule has 1 aromatic heterocycles. The first-order valence-electron chi connectivity index (χ1n) is 12.4. The molecule has 8 heteroatoms. The molecule has 0 saturated carbocycles. The van der Waals surface area contributed by atoms with Crippen molar-refractivity contribution >= 4 is 23.0 Å². The first kappa shape index (κ1) is 26.8. The Kier molecular flexibility index (Phi) is 8.33. The van der Waals surface area contributed by atoms with Crippen molar-refractivity contribution in [2.24, 2.45) is 0 Å². The van der Waals surface area contributed by atoms with Crippen LogP contribution in [0.4, 0.5) is 25.8 Å². The second kappa shape index (κ2) is 11.8. The molecule has 0 fully saturated rings. The van der Waals surface area contributed by atoms with Crippen molar-refractivity contribution < 1.29 is 13.6 Å². The summed E-state index contributed by atoms with van der Waals surface area (Å²) in [6.07, 6.45) is 0.568. The lowest BCUT2D eigenvalue weighted by atomic mass is 10.1. The standard InChI is InChI=1S/C30H30F2N4O2/c1-4-26(33-2)29(37)34-27-16-17-28(21-8-10-22(31)11-9-21)36(30(27)38)19-20-6-5-7-25(18-20)35(3)24-14-12-23(32)13-15-24/h5-18,26,33H,4,19H2,1-3H3,(H,34,37). The van der Waals surface area contributed by atoms with Crippen LogP contribution in [0.5, 0.6) is 0 Å². The number of rotatable bonds is 9. The second-order valence-electron chi connectivity index (χ2n) is 8.97. The predicted molar refractivity (Wildman–Crippen MR) is 148 cm³/mol. The number of amides is 1. The maximum absolute atomic E-state index is 13.6. The molecule has 4 rings (SSSR count). The van der Waals surface area contributed by atoms with Crippen LogP contribution in [0.3, 0.4) is 0 Å². The maximum atomic E-state index is 13.6. The summed E-state index contributed by atoms with van der Waals surface area (Å²) in [6.45, 7) is 2.09. The summed E-state index contributed by atoms with van der Waals surface area (Å²) in [5.41, 5.74) is 3.56. The number of pyridine rings is 1. The van der Waals surface area contributed by atoms with Crippen LogP contribution in [0.2, 0.25) is 0 Å². The normalized spacial score (nSPS) is 11.7. The van der Waals surface area contributed by atoms with E-state index in [9.17, 15) is 18.4 Å². The van der Waals surface area contributed by atoms with Crippen molar-refractivity contribution in [3.05, 3.63) is 112 Å². The van der Waals surface area contributed by atoms with Gasteiger partial charge in [-0.05, 0) is 97.4 Å². The third-order valence-corrected chi connectivity index (χ3v) is 6.50. The molecule has 2 N–H and O–H groups in total. The highest BCUT2D eigenvalue weighted by Crippen LogP contribution is 2.26. The van der Waals surface area contributed by atoms with Gasteiger partial charge < -0.3 is 20.1 Å². The average Bonchev–Trinajstić information content (AvgIpc) is 2.92. The lowest BCUT2D eigenvalue weighted by molar-refractivity contribution is -0.118. The molecule has 0 spiro atoms. The van der Waals surface area contributed by atoms with Gasteiger partial charge in [0, 0.05) is 18.4 Å². The molecule has 0 aliphatic heterocycles. The number of halogens is 2. The van der Waals surface area contributed by atoms with Gasteiger partial charge in [0.15, 0.2) is 0 Å². The minimum atomic E-state index is -0.432. The van der Waals surface area contributed by atoms with Gasteiger partial charge in [0.25, 0.3) is 5.56 Å². The van der Waals surface area contributed by atoms with Crippen molar-refractivity contribution in [3.63, 3.8) is 0 Å². The molecule has 0 bridgehead atoms. The number of hydrogen-bond donors (Lipinski definition) is 2. The molecule has 0 aliphatic rings. The van der Waals surface area contributed by atoms with Crippen LogP contribution in [-0.4, -0.2) is 30.6 Å². The second-order valence-corrected chi connectivity index (χ2v) is 8.97. The van der Waals surface area contributed by atoms with E-state index < -0.39 is 6.04 Å². The monoisotopic (exact) mass is 516 g/mol.